The Balaban J connectivity index is 1.43. The van der Waals surface area contributed by atoms with Crippen molar-refractivity contribution in [1.82, 2.24) is 5.32 Å². The summed E-state index contributed by atoms with van der Waals surface area (Å²) in [5.74, 6) is 6.12. The second kappa shape index (κ2) is 10.5. The zero-order valence-electron chi connectivity index (χ0n) is 20.5. The van der Waals surface area contributed by atoms with Crippen LogP contribution in [-0.2, 0) is 17.8 Å². The van der Waals surface area contributed by atoms with Crippen molar-refractivity contribution in [3.05, 3.63) is 98.2 Å². The van der Waals surface area contributed by atoms with Gasteiger partial charge in [0.25, 0.3) is 5.91 Å². The summed E-state index contributed by atoms with van der Waals surface area (Å²) in [6, 6.07) is 18.1. The summed E-state index contributed by atoms with van der Waals surface area (Å²) in [4.78, 5) is 26.4. The van der Waals surface area contributed by atoms with E-state index >= 15 is 0 Å². The number of carbonyl (C=O) groups excluding carboxylic acids is 1. The second-order valence-corrected chi connectivity index (χ2v) is 9.92. The molecule has 1 amide bonds. The smallest absolute Gasteiger partial charge is 0.335 e. The highest BCUT2D eigenvalue weighted by atomic mass is 32.1. The number of ether oxygens (including phenoxy) is 2. The van der Waals surface area contributed by atoms with Crippen LogP contribution in [0, 0.1) is 11.8 Å². The average Bonchev–Trinajstić information content (AvgIpc) is 3.30. The van der Waals surface area contributed by atoms with E-state index in [0.717, 1.165) is 43.0 Å². The van der Waals surface area contributed by atoms with Crippen molar-refractivity contribution < 1.29 is 24.2 Å². The average molecular weight is 512 g/mol. The number of methoxy groups -OCH3 is 1. The van der Waals surface area contributed by atoms with Crippen molar-refractivity contribution in [2.75, 3.05) is 13.7 Å². The van der Waals surface area contributed by atoms with Crippen LogP contribution in [0.2, 0.25) is 0 Å². The molecule has 0 fully saturated rings. The molecular formula is C30H25NO5S. The number of thiophene rings is 1. The summed E-state index contributed by atoms with van der Waals surface area (Å²) in [5.41, 5.74) is 3.50. The van der Waals surface area contributed by atoms with Crippen LogP contribution >= 0.6 is 11.3 Å². The summed E-state index contributed by atoms with van der Waals surface area (Å²) in [5, 5.41) is 14.3. The third kappa shape index (κ3) is 5.21. The summed E-state index contributed by atoms with van der Waals surface area (Å²) in [6.07, 6.45) is 0.662. The SMILES string of the molecule is COc1ccc2cc(C#Cc3sc4c(c3C(=O)NC(C)c3ccc(C(=O)O)cc3)CCOC4)ccc2c1. The van der Waals surface area contributed by atoms with Crippen LogP contribution in [0.4, 0.5) is 0 Å². The first-order valence-electron chi connectivity index (χ1n) is 11.9. The van der Waals surface area contributed by atoms with E-state index in [-0.39, 0.29) is 17.5 Å². The Morgan fingerprint density at radius 1 is 1.05 bits per heavy atom. The molecule has 1 atom stereocenters. The van der Waals surface area contributed by atoms with E-state index < -0.39 is 5.97 Å². The molecule has 0 saturated heterocycles. The van der Waals surface area contributed by atoms with E-state index in [9.17, 15) is 9.59 Å². The van der Waals surface area contributed by atoms with Crippen LogP contribution in [0.5, 0.6) is 5.75 Å². The monoisotopic (exact) mass is 511 g/mol. The Morgan fingerprint density at radius 3 is 2.57 bits per heavy atom. The molecule has 1 aliphatic heterocycles. The van der Waals surface area contributed by atoms with E-state index in [1.807, 2.05) is 43.3 Å². The van der Waals surface area contributed by atoms with Crippen molar-refractivity contribution >= 4 is 34.0 Å². The van der Waals surface area contributed by atoms with Crippen LogP contribution in [0.1, 0.15) is 60.1 Å². The van der Waals surface area contributed by atoms with Gasteiger partial charge in [-0.05, 0) is 77.6 Å². The highest BCUT2D eigenvalue weighted by Crippen LogP contribution is 2.33. The molecule has 2 heterocycles. The number of hydrogen-bond acceptors (Lipinski definition) is 5. The lowest BCUT2D eigenvalue weighted by atomic mass is 10.0. The molecule has 1 aliphatic rings. The first kappa shape index (κ1) is 24.6. The van der Waals surface area contributed by atoms with E-state index in [4.69, 9.17) is 14.6 Å². The molecule has 0 bridgehead atoms. The molecule has 2 N–H and O–H groups in total. The Labute approximate surface area is 218 Å². The molecule has 0 aliphatic carbocycles. The lowest BCUT2D eigenvalue weighted by molar-refractivity contribution is 0.0696. The third-order valence-electron chi connectivity index (χ3n) is 6.42. The molecule has 37 heavy (non-hydrogen) atoms. The maximum absolute atomic E-state index is 13.5. The molecule has 1 unspecified atom stereocenters. The van der Waals surface area contributed by atoms with Gasteiger partial charge in [0.2, 0.25) is 0 Å². The molecule has 3 aromatic carbocycles. The predicted octanol–water partition coefficient (Wildman–Crippen LogP) is 5.57. The zero-order chi connectivity index (χ0) is 25.9. The van der Waals surface area contributed by atoms with Gasteiger partial charge in [0.1, 0.15) is 5.75 Å². The van der Waals surface area contributed by atoms with Crippen molar-refractivity contribution in [3.8, 4) is 17.6 Å². The second-order valence-electron chi connectivity index (χ2n) is 8.81. The Morgan fingerprint density at radius 2 is 1.81 bits per heavy atom. The van der Waals surface area contributed by atoms with Gasteiger partial charge in [0.05, 0.1) is 42.4 Å². The van der Waals surface area contributed by atoms with Gasteiger partial charge in [-0.1, -0.05) is 30.2 Å². The Bertz CT molecular complexity index is 1560. The topological polar surface area (TPSA) is 84.9 Å². The van der Waals surface area contributed by atoms with Gasteiger partial charge in [-0.15, -0.1) is 11.3 Å². The van der Waals surface area contributed by atoms with E-state index in [2.05, 4.69) is 17.2 Å². The minimum atomic E-state index is -0.982. The Hall–Kier alpha value is -4.12. The predicted molar refractivity (Wildman–Crippen MR) is 143 cm³/mol. The molecular weight excluding hydrogens is 486 g/mol. The van der Waals surface area contributed by atoms with E-state index in [1.54, 1.807) is 31.4 Å². The third-order valence-corrected chi connectivity index (χ3v) is 7.54. The van der Waals surface area contributed by atoms with Gasteiger partial charge in [0.15, 0.2) is 0 Å². The number of carbonyl (C=O) groups is 2. The molecule has 1 aromatic heterocycles. The molecule has 7 heteroatoms. The summed E-state index contributed by atoms with van der Waals surface area (Å²) in [7, 11) is 1.65. The standard InChI is InChI=1S/C30H25NO5S/c1-18(20-6-8-21(9-7-20)30(33)34)31-29(32)28-25-13-14-36-17-27(25)37-26(28)12-4-19-3-5-23-16-24(35-2)11-10-22(23)15-19/h3,5-11,15-16,18H,13-14,17H2,1-2H3,(H,31,32)(H,33,34). The number of nitrogens with one attached hydrogen (secondary N) is 1. The van der Waals surface area contributed by atoms with Gasteiger partial charge >= 0.3 is 5.97 Å². The van der Waals surface area contributed by atoms with Gasteiger partial charge < -0.3 is 19.9 Å². The van der Waals surface area contributed by atoms with Gasteiger partial charge in [-0.25, -0.2) is 4.79 Å². The van der Waals surface area contributed by atoms with Crippen molar-refractivity contribution in [2.24, 2.45) is 0 Å². The number of amides is 1. The van der Waals surface area contributed by atoms with Gasteiger partial charge in [-0.3, -0.25) is 4.79 Å². The number of carboxylic acid groups (broad SMARTS) is 1. The molecule has 6 nitrogen and oxygen atoms in total. The normalized spacial score (nSPS) is 13.2. The largest absolute Gasteiger partial charge is 0.497 e. The minimum absolute atomic E-state index is 0.191. The maximum Gasteiger partial charge on any atom is 0.335 e. The summed E-state index contributed by atoms with van der Waals surface area (Å²) < 4.78 is 10.9. The number of rotatable bonds is 5. The van der Waals surface area contributed by atoms with Crippen LogP contribution in [0.15, 0.2) is 60.7 Å². The summed E-state index contributed by atoms with van der Waals surface area (Å²) in [6.45, 7) is 2.92. The number of benzene rings is 3. The molecule has 5 rings (SSSR count). The number of fused-ring (bicyclic) bond motifs is 2. The Kier molecular flexibility index (Phi) is 6.95. The molecule has 0 saturated carbocycles. The van der Waals surface area contributed by atoms with Crippen molar-refractivity contribution in [2.45, 2.75) is 26.0 Å². The first-order chi connectivity index (χ1) is 17.9. The summed E-state index contributed by atoms with van der Waals surface area (Å²) >= 11 is 1.50. The van der Waals surface area contributed by atoms with Crippen molar-refractivity contribution in [1.29, 1.82) is 0 Å². The first-order valence-corrected chi connectivity index (χ1v) is 12.7. The van der Waals surface area contributed by atoms with Crippen LogP contribution in [-0.4, -0.2) is 30.7 Å². The highest BCUT2D eigenvalue weighted by molar-refractivity contribution is 7.13. The molecule has 4 aromatic rings. The lowest BCUT2D eigenvalue weighted by Crippen LogP contribution is -2.28. The minimum Gasteiger partial charge on any atom is -0.497 e. The highest BCUT2D eigenvalue weighted by Gasteiger charge is 2.26. The van der Waals surface area contributed by atoms with Gasteiger partial charge in [-0.2, -0.15) is 0 Å². The zero-order valence-corrected chi connectivity index (χ0v) is 21.3. The molecule has 0 spiro atoms. The molecule has 186 valence electrons. The van der Waals surface area contributed by atoms with E-state index in [0.29, 0.717) is 25.2 Å². The fourth-order valence-electron chi connectivity index (χ4n) is 4.38. The number of carboxylic acids is 1. The van der Waals surface area contributed by atoms with Crippen LogP contribution in [0.25, 0.3) is 10.8 Å². The fourth-order valence-corrected chi connectivity index (χ4v) is 5.52. The van der Waals surface area contributed by atoms with E-state index in [1.165, 1.54) is 11.3 Å². The van der Waals surface area contributed by atoms with Crippen molar-refractivity contribution in [3.63, 3.8) is 0 Å². The van der Waals surface area contributed by atoms with Crippen LogP contribution in [0.3, 0.4) is 0 Å². The lowest BCUT2D eigenvalue weighted by Gasteiger charge is -2.17. The number of hydrogen-bond donors (Lipinski definition) is 2. The fraction of sp³-hybridized carbons (Fsp3) is 0.200. The van der Waals surface area contributed by atoms with Gasteiger partial charge in [0, 0.05) is 10.4 Å². The maximum atomic E-state index is 13.5. The van der Waals surface area contributed by atoms with Crippen LogP contribution < -0.4 is 10.1 Å². The quantitative estimate of drug-likeness (QED) is 0.342. The molecule has 0 radical (unpaired) electrons. The number of aromatic carboxylic acids is 1.